The van der Waals surface area contributed by atoms with Crippen LogP contribution in [0.1, 0.15) is 18.9 Å². The maximum atomic E-state index is 12.0. The minimum absolute atomic E-state index is 0.0272. The highest BCUT2D eigenvalue weighted by atomic mass is 19.3. The van der Waals surface area contributed by atoms with Gasteiger partial charge >= 0.3 is 12.6 Å². The van der Waals surface area contributed by atoms with Gasteiger partial charge in [-0.05, 0) is 24.6 Å². The fourth-order valence-electron chi connectivity index (χ4n) is 1.76. The number of amides is 1. The zero-order valence-electron chi connectivity index (χ0n) is 11.6. The van der Waals surface area contributed by atoms with Gasteiger partial charge < -0.3 is 14.7 Å². The van der Waals surface area contributed by atoms with E-state index in [9.17, 15) is 18.4 Å². The molecule has 0 unspecified atom stereocenters. The van der Waals surface area contributed by atoms with Crippen molar-refractivity contribution >= 4 is 11.9 Å². The second kappa shape index (κ2) is 8.18. The summed E-state index contributed by atoms with van der Waals surface area (Å²) in [6.07, 6.45) is -0.0246. The molecule has 0 aliphatic carbocycles. The summed E-state index contributed by atoms with van der Waals surface area (Å²) in [6, 6.07) is 5.78. The molecule has 0 fully saturated rings. The molecule has 1 aromatic carbocycles. The van der Waals surface area contributed by atoms with Gasteiger partial charge in [0.05, 0.1) is 12.8 Å². The summed E-state index contributed by atoms with van der Waals surface area (Å²) in [5.74, 6) is -1.14. The number of aliphatic carboxylic acids is 1. The average Bonchev–Trinajstić information content (AvgIpc) is 2.40. The number of carbonyl (C=O) groups excluding carboxylic acids is 1. The number of nitrogens with zero attached hydrogens (tertiary/aromatic N) is 1. The van der Waals surface area contributed by atoms with Gasteiger partial charge in [0.1, 0.15) is 5.75 Å². The van der Waals surface area contributed by atoms with E-state index >= 15 is 0 Å². The standard InChI is InChI=1S/C14H17F2NO4/c1-2-17(8-7-13(19)20)12(18)9-10-3-5-11(6-4-10)21-14(15)16/h3-6,14H,2,7-9H2,1H3,(H,19,20). The minimum atomic E-state index is -2.89. The molecule has 5 nitrogen and oxygen atoms in total. The number of carboxylic acids is 1. The molecule has 1 N–H and O–H groups in total. The molecule has 0 atom stereocenters. The number of rotatable bonds is 8. The quantitative estimate of drug-likeness (QED) is 0.799. The first-order valence-electron chi connectivity index (χ1n) is 6.45. The Labute approximate surface area is 121 Å². The molecule has 0 bridgehead atoms. The van der Waals surface area contributed by atoms with Gasteiger partial charge in [0.15, 0.2) is 0 Å². The Balaban J connectivity index is 2.58. The summed E-state index contributed by atoms with van der Waals surface area (Å²) >= 11 is 0. The molecular formula is C14H17F2NO4. The van der Waals surface area contributed by atoms with Crippen molar-refractivity contribution in [1.82, 2.24) is 4.90 Å². The molecule has 1 amide bonds. The SMILES string of the molecule is CCN(CCC(=O)O)C(=O)Cc1ccc(OC(F)F)cc1. The highest BCUT2D eigenvalue weighted by Gasteiger charge is 2.14. The van der Waals surface area contributed by atoms with Gasteiger partial charge in [-0.15, -0.1) is 0 Å². The third-order valence-electron chi connectivity index (χ3n) is 2.83. The van der Waals surface area contributed by atoms with E-state index in [1.165, 1.54) is 29.2 Å². The summed E-state index contributed by atoms with van der Waals surface area (Å²) in [5, 5.41) is 8.62. The van der Waals surface area contributed by atoms with Crippen molar-refractivity contribution in [2.75, 3.05) is 13.1 Å². The Morgan fingerprint density at radius 3 is 2.38 bits per heavy atom. The summed E-state index contributed by atoms with van der Waals surface area (Å²) in [6.45, 7) is -0.556. The number of hydrogen-bond donors (Lipinski definition) is 1. The number of carbonyl (C=O) groups is 2. The minimum Gasteiger partial charge on any atom is -0.481 e. The molecular weight excluding hydrogens is 284 g/mol. The lowest BCUT2D eigenvalue weighted by Crippen LogP contribution is -2.34. The van der Waals surface area contributed by atoms with E-state index in [4.69, 9.17) is 5.11 Å². The van der Waals surface area contributed by atoms with Gasteiger partial charge in [0.25, 0.3) is 0 Å². The molecule has 0 saturated carbocycles. The van der Waals surface area contributed by atoms with Gasteiger partial charge in [-0.25, -0.2) is 0 Å². The first kappa shape index (κ1) is 16.9. The van der Waals surface area contributed by atoms with Gasteiger partial charge in [-0.3, -0.25) is 9.59 Å². The highest BCUT2D eigenvalue weighted by molar-refractivity contribution is 5.79. The van der Waals surface area contributed by atoms with Crippen molar-refractivity contribution in [3.63, 3.8) is 0 Å². The third kappa shape index (κ3) is 6.20. The van der Waals surface area contributed by atoms with Crippen molar-refractivity contribution in [1.29, 1.82) is 0 Å². The summed E-state index contributed by atoms with van der Waals surface area (Å²) < 4.78 is 28.2. The fraction of sp³-hybridized carbons (Fsp3) is 0.429. The Morgan fingerprint density at radius 1 is 1.29 bits per heavy atom. The van der Waals surface area contributed by atoms with E-state index in [0.717, 1.165) is 0 Å². The lowest BCUT2D eigenvalue weighted by Gasteiger charge is -2.20. The monoisotopic (exact) mass is 301 g/mol. The number of carboxylic acid groups (broad SMARTS) is 1. The van der Waals surface area contributed by atoms with E-state index in [0.29, 0.717) is 12.1 Å². The Morgan fingerprint density at radius 2 is 1.90 bits per heavy atom. The van der Waals surface area contributed by atoms with Crippen LogP contribution < -0.4 is 4.74 Å². The molecule has 7 heteroatoms. The van der Waals surface area contributed by atoms with Gasteiger partial charge in [-0.1, -0.05) is 12.1 Å². The largest absolute Gasteiger partial charge is 0.481 e. The lowest BCUT2D eigenvalue weighted by atomic mass is 10.1. The van der Waals surface area contributed by atoms with Crippen LogP contribution in [-0.2, 0) is 16.0 Å². The summed E-state index contributed by atoms with van der Waals surface area (Å²) in [4.78, 5) is 24.0. The first-order valence-corrected chi connectivity index (χ1v) is 6.45. The third-order valence-corrected chi connectivity index (χ3v) is 2.83. The van der Waals surface area contributed by atoms with Crippen LogP contribution in [0.15, 0.2) is 24.3 Å². The fourth-order valence-corrected chi connectivity index (χ4v) is 1.76. The molecule has 0 radical (unpaired) electrons. The molecule has 1 rings (SSSR count). The Bertz CT molecular complexity index is 476. The number of ether oxygens (including phenoxy) is 1. The lowest BCUT2D eigenvalue weighted by molar-refractivity contribution is -0.138. The first-order chi connectivity index (χ1) is 9.92. The molecule has 0 aliphatic heterocycles. The molecule has 21 heavy (non-hydrogen) atoms. The second-order valence-electron chi connectivity index (χ2n) is 4.32. The number of hydrogen-bond acceptors (Lipinski definition) is 3. The van der Waals surface area contributed by atoms with Crippen LogP contribution in [0.2, 0.25) is 0 Å². The van der Waals surface area contributed by atoms with Crippen molar-refractivity contribution in [2.24, 2.45) is 0 Å². The normalized spacial score (nSPS) is 10.5. The van der Waals surface area contributed by atoms with Crippen molar-refractivity contribution in [3.8, 4) is 5.75 Å². The van der Waals surface area contributed by atoms with Crippen LogP contribution in [-0.4, -0.2) is 41.6 Å². The van der Waals surface area contributed by atoms with Crippen molar-refractivity contribution in [2.45, 2.75) is 26.4 Å². The topological polar surface area (TPSA) is 66.8 Å². The molecule has 0 aliphatic rings. The Hall–Kier alpha value is -2.18. The van der Waals surface area contributed by atoms with E-state index in [1.807, 2.05) is 0 Å². The van der Waals surface area contributed by atoms with Crippen molar-refractivity contribution in [3.05, 3.63) is 29.8 Å². The number of alkyl halides is 2. The predicted octanol–water partition coefficient (Wildman–Crippen LogP) is 2.15. The number of benzene rings is 1. The predicted molar refractivity (Wildman–Crippen MR) is 71.3 cm³/mol. The zero-order chi connectivity index (χ0) is 15.8. The molecule has 1 aromatic rings. The average molecular weight is 301 g/mol. The molecule has 0 saturated heterocycles. The van der Waals surface area contributed by atoms with E-state index < -0.39 is 12.6 Å². The van der Waals surface area contributed by atoms with Gasteiger partial charge in [0, 0.05) is 13.1 Å². The molecule has 0 heterocycles. The highest BCUT2D eigenvalue weighted by Crippen LogP contribution is 2.15. The van der Waals surface area contributed by atoms with E-state index in [1.54, 1.807) is 6.92 Å². The maximum Gasteiger partial charge on any atom is 0.387 e. The van der Waals surface area contributed by atoms with Crippen LogP contribution >= 0.6 is 0 Å². The number of halogens is 2. The maximum absolute atomic E-state index is 12.0. The summed E-state index contributed by atoms with van der Waals surface area (Å²) in [7, 11) is 0. The zero-order valence-corrected chi connectivity index (χ0v) is 11.6. The van der Waals surface area contributed by atoms with E-state index in [2.05, 4.69) is 4.74 Å². The van der Waals surface area contributed by atoms with Gasteiger partial charge in [-0.2, -0.15) is 8.78 Å². The van der Waals surface area contributed by atoms with Crippen LogP contribution in [0.3, 0.4) is 0 Å². The molecule has 0 aromatic heterocycles. The molecule has 0 spiro atoms. The van der Waals surface area contributed by atoms with Crippen LogP contribution in [0.5, 0.6) is 5.75 Å². The number of likely N-dealkylation sites (N-methyl/N-ethyl adjacent to an activating group) is 1. The smallest absolute Gasteiger partial charge is 0.387 e. The van der Waals surface area contributed by atoms with E-state index in [-0.39, 0.29) is 31.0 Å². The van der Waals surface area contributed by atoms with Crippen LogP contribution in [0.25, 0.3) is 0 Å². The Kier molecular flexibility index (Phi) is 6.58. The van der Waals surface area contributed by atoms with Crippen LogP contribution in [0, 0.1) is 0 Å². The van der Waals surface area contributed by atoms with Crippen molar-refractivity contribution < 1.29 is 28.2 Å². The molecule has 116 valence electrons. The summed E-state index contributed by atoms with van der Waals surface area (Å²) in [5.41, 5.74) is 0.649. The van der Waals surface area contributed by atoms with Crippen LogP contribution in [0.4, 0.5) is 8.78 Å². The second-order valence-corrected chi connectivity index (χ2v) is 4.32. The van der Waals surface area contributed by atoms with Gasteiger partial charge in [0.2, 0.25) is 5.91 Å².